The van der Waals surface area contributed by atoms with Gasteiger partial charge in [-0.15, -0.1) is 0 Å². The lowest BCUT2D eigenvalue weighted by molar-refractivity contribution is 0.0703. The Morgan fingerprint density at radius 1 is 1.56 bits per heavy atom. The highest BCUT2D eigenvalue weighted by Gasteiger charge is 2.23. The highest BCUT2D eigenvalue weighted by molar-refractivity contribution is 5.92. The number of rotatable bonds is 2. The van der Waals surface area contributed by atoms with E-state index in [1.807, 2.05) is 0 Å². The molecule has 16 heavy (non-hydrogen) atoms. The molecule has 3 N–H and O–H groups in total. The van der Waals surface area contributed by atoms with Gasteiger partial charge in [0.1, 0.15) is 5.69 Å². The molecule has 1 atom stereocenters. The van der Waals surface area contributed by atoms with E-state index in [0.29, 0.717) is 5.69 Å². The van der Waals surface area contributed by atoms with E-state index < -0.39 is 0 Å². The quantitative estimate of drug-likeness (QED) is 0.635. The monoisotopic (exact) mass is 224 g/mol. The minimum atomic E-state index is -0.349. The van der Waals surface area contributed by atoms with E-state index in [4.69, 9.17) is 0 Å². The summed E-state index contributed by atoms with van der Waals surface area (Å²) in [6.07, 6.45) is 3.49. The Labute approximate surface area is 93.0 Å². The van der Waals surface area contributed by atoms with Gasteiger partial charge in [-0.3, -0.25) is 4.79 Å². The molecule has 0 spiro atoms. The Balaban J connectivity index is 2.06. The fraction of sp³-hybridized carbons (Fsp3) is 0.600. The molecule has 1 saturated heterocycles. The van der Waals surface area contributed by atoms with Crippen LogP contribution in [0.2, 0.25) is 0 Å². The summed E-state index contributed by atoms with van der Waals surface area (Å²) < 4.78 is 0. The van der Waals surface area contributed by atoms with Crippen LogP contribution >= 0.6 is 0 Å². The molecule has 1 aromatic heterocycles. The first kappa shape index (κ1) is 10.9. The van der Waals surface area contributed by atoms with Gasteiger partial charge in [0.05, 0.1) is 0 Å². The topological polar surface area (TPSA) is 81.0 Å². The Morgan fingerprint density at radius 3 is 2.94 bits per heavy atom. The van der Waals surface area contributed by atoms with E-state index in [0.717, 1.165) is 25.9 Å². The third-order valence-corrected chi connectivity index (χ3v) is 2.97. The molecule has 1 unspecified atom stereocenters. The first-order valence-electron chi connectivity index (χ1n) is 5.44. The van der Waals surface area contributed by atoms with Crippen molar-refractivity contribution in [2.45, 2.75) is 18.9 Å². The van der Waals surface area contributed by atoms with Gasteiger partial charge in [-0.25, -0.2) is 4.79 Å². The van der Waals surface area contributed by atoms with Crippen LogP contribution in [0.15, 0.2) is 11.0 Å². The number of amides is 1. The van der Waals surface area contributed by atoms with Crippen LogP contribution in [0, 0.1) is 0 Å². The molecule has 88 valence electrons. The van der Waals surface area contributed by atoms with Crippen LogP contribution in [0.1, 0.15) is 23.3 Å². The van der Waals surface area contributed by atoms with Gasteiger partial charge in [0.15, 0.2) is 0 Å². The second-order valence-electron chi connectivity index (χ2n) is 4.07. The number of hydrogen-bond acceptors (Lipinski definition) is 3. The SMILES string of the molecule is CN(C(=O)c1c[nH]c(=O)[nH]1)C1CCCNC1. The van der Waals surface area contributed by atoms with E-state index in [1.54, 1.807) is 11.9 Å². The Hall–Kier alpha value is -1.56. The summed E-state index contributed by atoms with van der Waals surface area (Å²) in [6, 6.07) is 0.208. The predicted octanol–water partition coefficient (Wildman–Crippen LogP) is -0.473. The molecular weight excluding hydrogens is 208 g/mol. The summed E-state index contributed by atoms with van der Waals surface area (Å²) in [5, 5.41) is 3.25. The second kappa shape index (κ2) is 4.52. The van der Waals surface area contributed by atoms with Crippen molar-refractivity contribution in [1.82, 2.24) is 20.2 Å². The lowest BCUT2D eigenvalue weighted by Crippen LogP contribution is -2.46. The largest absolute Gasteiger partial charge is 0.336 e. The average Bonchev–Trinajstić information content (AvgIpc) is 2.75. The summed E-state index contributed by atoms with van der Waals surface area (Å²) in [5.41, 5.74) is -0.0309. The number of nitrogens with zero attached hydrogens (tertiary/aromatic N) is 1. The standard InChI is InChI=1S/C10H16N4O2/c1-14(7-3-2-4-11-5-7)9(15)8-6-12-10(16)13-8/h6-7,11H,2-5H2,1H3,(H2,12,13,16). The molecule has 0 radical (unpaired) electrons. The van der Waals surface area contributed by atoms with E-state index in [9.17, 15) is 9.59 Å². The molecule has 1 aromatic rings. The van der Waals surface area contributed by atoms with E-state index in [1.165, 1.54) is 6.20 Å². The zero-order chi connectivity index (χ0) is 11.5. The summed E-state index contributed by atoms with van der Waals surface area (Å²) in [7, 11) is 1.77. The van der Waals surface area contributed by atoms with Gasteiger partial charge in [0.2, 0.25) is 0 Å². The highest BCUT2D eigenvalue weighted by Crippen LogP contribution is 2.10. The zero-order valence-electron chi connectivity index (χ0n) is 9.25. The molecule has 2 heterocycles. The molecular formula is C10H16N4O2. The third-order valence-electron chi connectivity index (χ3n) is 2.97. The summed E-state index contributed by atoms with van der Waals surface area (Å²) in [6.45, 7) is 1.83. The van der Waals surface area contributed by atoms with Crippen LogP contribution in [0.4, 0.5) is 0 Å². The smallest absolute Gasteiger partial charge is 0.323 e. The Morgan fingerprint density at radius 2 is 2.38 bits per heavy atom. The number of aromatic amines is 2. The molecule has 0 aliphatic carbocycles. The molecule has 1 aliphatic rings. The Bertz CT molecular complexity index is 416. The van der Waals surface area contributed by atoms with E-state index in [-0.39, 0.29) is 17.6 Å². The lowest BCUT2D eigenvalue weighted by Gasteiger charge is -2.31. The first-order valence-corrected chi connectivity index (χ1v) is 5.44. The first-order chi connectivity index (χ1) is 7.68. The number of nitrogens with one attached hydrogen (secondary N) is 3. The van der Waals surface area contributed by atoms with Gasteiger partial charge in [-0.2, -0.15) is 0 Å². The van der Waals surface area contributed by atoms with Gasteiger partial charge in [-0.1, -0.05) is 0 Å². The molecule has 6 heteroatoms. The van der Waals surface area contributed by atoms with Crippen molar-refractivity contribution in [2.24, 2.45) is 0 Å². The normalized spacial score (nSPS) is 20.7. The number of hydrogen-bond donors (Lipinski definition) is 3. The van der Waals surface area contributed by atoms with Crippen LogP contribution in [-0.2, 0) is 0 Å². The molecule has 2 rings (SSSR count). The van der Waals surface area contributed by atoms with Gasteiger partial charge < -0.3 is 20.2 Å². The van der Waals surface area contributed by atoms with Crippen molar-refractivity contribution < 1.29 is 4.79 Å². The van der Waals surface area contributed by atoms with Crippen molar-refractivity contribution in [1.29, 1.82) is 0 Å². The van der Waals surface area contributed by atoms with Gasteiger partial charge in [-0.05, 0) is 19.4 Å². The third kappa shape index (κ3) is 2.16. The molecule has 1 amide bonds. The molecule has 1 fully saturated rings. The molecule has 0 bridgehead atoms. The molecule has 6 nitrogen and oxygen atoms in total. The number of likely N-dealkylation sites (N-methyl/N-ethyl adjacent to an activating group) is 1. The fourth-order valence-electron chi connectivity index (χ4n) is 1.97. The van der Waals surface area contributed by atoms with Gasteiger partial charge in [0, 0.05) is 25.8 Å². The van der Waals surface area contributed by atoms with Crippen molar-refractivity contribution in [3.63, 3.8) is 0 Å². The van der Waals surface area contributed by atoms with Crippen molar-refractivity contribution >= 4 is 5.91 Å². The number of piperidine rings is 1. The fourth-order valence-corrected chi connectivity index (χ4v) is 1.97. The van der Waals surface area contributed by atoms with E-state index in [2.05, 4.69) is 15.3 Å². The zero-order valence-corrected chi connectivity index (χ0v) is 9.25. The van der Waals surface area contributed by atoms with Crippen molar-refractivity contribution in [3.8, 4) is 0 Å². The summed E-state index contributed by atoms with van der Waals surface area (Å²) in [5.74, 6) is -0.146. The molecule has 0 aromatic carbocycles. The minimum Gasteiger partial charge on any atom is -0.336 e. The van der Waals surface area contributed by atoms with Crippen LogP contribution in [0.5, 0.6) is 0 Å². The maximum Gasteiger partial charge on any atom is 0.323 e. The number of aromatic nitrogens is 2. The van der Waals surface area contributed by atoms with E-state index >= 15 is 0 Å². The number of imidazole rings is 1. The summed E-state index contributed by atoms with van der Waals surface area (Å²) >= 11 is 0. The molecule has 0 saturated carbocycles. The number of carbonyl (C=O) groups excluding carboxylic acids is 1. The van der Waals surface area contributed by atoms with Gasteiger partial charge >= 0.3 is 5.69 Å². The van der Waals surface area contributed by atoms with Crippen LogP contribution in [0.25, 0.3) is 0 Å². The Kier molecular flexibility index (Phi) is 3.09. The lowest BCUT2D eigenvalue weighted by atomic mass is 10.1. The second-order valence-corrected chi connectivity index (χ2v) is 4.07. The van der Waals surface area contributed by atoms with Crippen molar-refractivity contribution in [3.05, 3.63) is 22.4 Å². The summed E-state index contributed by atoms with van der Waals surface area (Å²) in [4.78, 5) is 29.5. The average molecular weight is 224 g/mol. The maximum absolute atomic E-state index is 12.0. The van der Waals surface area contributed by atoms with Gasteiger partial charge in [0.25, 0.3) is 5.91 Å². The molecule has 1 aliphatic heterocycles. The minimum absolute atomic E-state index is 0.146. The highest BCUT2D eigenvalue weighted by atomic mass is 16.2. The van der Waals surface area contributed by atoms with Crippen LogP contribution in [0.3, 0.4) is 0 Å². The predicted molar refractivity (Wildman–Crippen MR) is 59.4 cm³/mol. The number of H-pyrrole nitrogens is 2. The van der Waals surface area contributed by atoms with Crippen molar-refractivity contribution in [2.75, 3.05) is 20.1 Å². The van der Waals surface area contributed by atoms with Crippen LogP contribution < -0.4 is 11.0 Å². The maximum atomic E-state index is 12.0. The van der Waals surface area contributed by atoms with Crippen LogP contribution in [-0.4, -0.2) is 47.0 Å². The number of carbonyl (C=O) groups is 1.